The normalized spacial score (nSPS) is 28.5. The van der Waals surface area contributed by atoms with Crippen LogP contribution in [0.25, 0.3) is 0 Å². The lowest BCUT2D eigenvalue weighted by Gasteiger charge is -2.32. The Labute approximate surface area is 189 Å². The SMILES string of the molecule is COc1cc2c(cc1[C@H]1OC[C@@]3(OC(C)=O)[C@H](Oc4ccc5c(c4)OCO5)OC[C@H]13)OCO2. The standard InChI is InChI=1S/C23H22O10/c1-12(24)33-23-9-27-21(14-6-19-20(31-11-30-19)7-17(14)25-2)15(23)8-26-22(23)32-13-3-4-16-18(5-13)29-10-28-16/h3-7,15,21-22H,8-11H2,1-2H3/t15-,21-,22+,23+/m1/s1. The van der Waals surface area contributed by atoms with Crippen molar-refractivity contribution in [3.8, 4) is 34.5 Å². The Balaban J connectivity index is 1.32. The van der Waals surface area contributed by atoms with Crippen molar-refractivity contribution >= 4 is 5.97 Å². The minimum atomic E-state index is -1.14. The van der Waals surface area contributed by atoms with Gasteiger partial charge in [0.1, 0.15) is 11.5 Å². The molecule has 4 atom stereocenters. The summed E-state index contributed by atoms with van der Waals surface area (Å²) in [5, 5.41) is 0. The van der Waals surface area contributed by atoms with Gasteiger partial charge < -0.3 is 42.6 Å². The van der Waals surface area contributed by atoms with Gasteiger partial charge in [-0.15, -0.1) is 0 Å². The molecule has 0 radical (unpaired) electrons. The van der Waals surface area contributed by atoms with E-state index in [9.17, 15) is 4.79 Å². The zero-order chi connectivity index (χ0) is 22.6. The second-order valence-electron chi connectivity index (χ2n) is 8.13. The smallest absolute Gasteiger partial charge is 0.303 e. The maximum atomic E-state index is 12.1. The molecule has 0 aromatic heterocycles. The van der Waals surface area contributed by atoms with Crippen LogP contribution < -0.4 is 28.4 Å². The summed E-state index contributed by atoms with van der Waals surface area (Å²) < 4.78 is 51.6. The van der Waals surface area contributed by atoms with E-state index in [4.69, 9.17) is 42.6 Å². The van der Waals surface area contributed by atoms with Crippen molar-refractivity contribution in [3.63, 3.8) is 0 Å². The van der Waals surface area contributed by atoms with Crippen LogP contribution in [0.15, 0.2) is 30.3 Å². The maximum Gasteiger partial charge on any atom is 0.303 e. The molecule has 4 heterocycles. The number of hydrogen-bond donors (Lipinski definition) is 0. The Bertz CT molecular complexity index is 1100. The molecule has 0 bridgehead atoms. The molecule has 174 valence electrons. The van der Waals surface area contributed by atoms with E-state index in [1.807, 2.05) is 6.07 Å². The van der Waals surface area contributed by atoms with Crippen LogP contribution in [0.1, 0.15) is 18.6 Å². The van der Waals surface area contributed by atoms with Gasteiger partial charge in [0, 0.05) is 24.6 Å². The zero-order valence-electron chi connectivity index (χ0n) is 18.0. The van der Waals surface area contributed by atoms with E-state index in [1.54, 1.807) is 31.4 Å². The van der Waals surface area contributed by atoms with Gasteiger partial charge in [0.25, 0.3) is 0 Å². The number of esters is 1. The van der Waals surface area contributed by atoms with Crippen molar-refractivity contribution in [1.29, 1.82) is 0 Å². The molecule has 2 aromatic carbocycles. The summed E-state index contributed by atoms with van der Waals surface area (Å²) in [4.78, 5) is 12.1. The summed E-state index contributed by atoms with van der Waals surface area (Å²) in [5.74, 6) is 2.72. The predicted molar refractivity (Wildman–Crippen MR) is 109 cm³/mol. The lowest BCUT2D eigenvalue weighted by atomic mass is 9.85. The topological polar surface area (TPSA) is 100 Å². The molecule has 0 N–H and O–H groups in total. The Kier molecular flexibility index (Phi) is 4.66. The fourth-order valence-electron chi connectivity index (χ4n) is 4.78. The number of rotatable bonds is 5. The first-order valence-corrected chi connectivity index (χ1v) is 10.5. The molecule has 2 aromatic rings. The molecule has 6 rings (SSSR count). The molecule has 0 aliphatic carbocycles. The highest BCUT2D eigenvalue weighted by Gasteiger charge is 2.64. The van der Waals surface area contributed by atoms with Gasteiger partial charge in [0.05, 0.1) is 32.3 Å². The van der Waals surface area contributed by atoms with E-state index in [0.29, 0.717) is 34.5 Å². The predicted octanol–water partition coefficient (Wildman–Crippen LogP) is 2.58. The quantitative estimate of drug-likeness (QED) is 0.622. The molecule has 4 aliphatic rings. The number of carbonyl (C=O) groups excluding carboxylic acids is 1. The lowest BCUT2D eigenvalue weighted by Crippen LogP contribution is -2.50. The van der Waals surface area contributed by atoms with E-state index in [1.165, 1.54) is 6.92 Å². The fourth-order valence-corrected chi connectivity index (χ4v) is 4.78. The van der Waals surface area contributed by atoms with Crippen LogP contribution >= 0.6 is 0 Å². The maximum absolute atomic E-state index is 12.1. The van der Waals surface area contributed by atoms with Crippen LogP contribution in [-0.2, 0) is 19.0 Å². The molecule has 2 saturated heterocycles. The van der Waals surface area contributed by atoms with Crippen molar-refractivity contribution in [2.45, 2.75) is 24.9 Å². The third-order valence-electron chi connectivity index (χ3n) is 6.26. The molecule has 10 nitrogen and oxygen atoms in total. The number of methoxy groups -OCH3 is 1. The first-order valence-electron chi connectivity index (χ1n) is 10.5. The summed E-state index contributed by atoms with van der Waals surface area (Å²) in [6.07, 6.45) is -1.35. The van der Waals surface area contributed by atoms with Crippen LogP contribution in [0.2, 0.25) is 0 Å². The number of hydrogen-bond acceptors (Lipinski definition) is 10. The molecule has 10 heteroatoms. The first-order chi connectivity index (χ1) is 16.1. The van der Waals surface area contributed by atoms with E-state index in [0.717, 1.165) is 5.56 Å². The Morgan fingerprint density at radius 2 is 1.70 bits per heavy atom. The molecule has 0 saturated carbocycles. The highest BCUT2D eigenvalue weighted by Crippen LogP contribution is 2.53. The largest absolute Gasteiger partial charge is 0.496 e. The van der Waals surface area contributed by atoms with E-state index in [-0.39, 0.29) is 32.7 Å². The number of carbonyl (C=O) groups is 1. The summed E-state index contributed by atoms with van der Waals surface area (Å²) in [6.45, 7) is 2.00. The molecule has 2 fully saturated rings. The van der Waals surface area contributed by atoms with E-state index in [2.05, 4.69) is 0 Å². The highest BCUT2D eigenvalue weighted by molar-refractivity contribution is 5.67. The molecular formula is C23H22O10. The number of fused-ring (bicyclic) bond motifs is 3. The minimum absolute atomic E-state index is 0.0920. The monoisotopic (exact) mass is 458 g/mol. The third kappa shape index (κ3) is 3.20. The molecule has 4 aliphatic heterocycles. The average Bonchev–Trinajstić information content (AvgIpc) is 3.57. The van der Waals surface area contributed by atoms with Crippen molar-refractivity contribution in [2.75, 3.05) is 33.9 Å². The van der Waals surface area contributed by atoms with Crippen molar-refractivity contribution in [2.24, 2.45) is 5.92 Å². The lowest BCUT2D eigenvalue weighted by molar-refractivity contribution is -0.191. The molecule has 33 heavy (non-hydrogen) atoms. The van der Waals surface area contributed by atoms with Crippen LogP contribution in [0.3, 0.4) is 0 Å². The van der Waals surface area contributed by atoms with Crippen molar-refractivity contribution < 1.29 is 47.4 Å². The van der Waals surface area contributed by atoms with Crippen molar-refractivity contribution in [1.82, 2.24) is 0 Å². The Hall–Kier alpha value is -3.37. The average molecular weight is 458 g/mol. The second kappa shape index (κ2) is 7.60. The zero-order valence-corrected chi connectivity index (χ0v) is 18.0. The molecule has 0 spiro atoms. The van der Waals surface area contributed by atoms with Gasteiger partial charge in [-0.25, -0.2) is 0 Å². The molecule has 0 amide bonds. The summed E-state index contributed by atoms with van der Waals surface area (Å²) in [5.41, 5.74) is -0.387. The van der Waals surface area contributed by atoms with Crippen LogP contribution in [-0.4, -0.2) is 51.8 Å². The Morgan fingerprint density at radius 1 is 0.970 bits per heavy atom. The number of benzene rings is 2. The molecule has 0 unspecified atom stereocenters. The van der Waals surface area contributed by atoms with Gasteiger partial charge in [-0.3, -0.25) is 4.79 Å². The Morgan fingerprint density at radius 3 is 2.45 bits per heavy atom. The van der Waals surface area contributed by atoms with Gasteiger partial charge in [0.2, 0.25) is 25.5 Å². The summed E-state index contributed by atoms with van der Waals surface area (Å²) in [7, 11) is 1.58. The second-order valence-corrected chi connectivity index (χ2v) is 8.13. The highest BCUT2D eigenvalue weighted by atomic mass is 16.7. The van der Waals surface area contributed by atoms with Crippen LogP contribution in [0, 0.1) is 5.92 Å². The third-order valence-corrected chi connectivity index (χ3v) is 6.26. The van der Waals surface area contributed by atoms with Gasteiger partial charge in [0.15, 0.2) is 23.0 Å². The number of ether oxygens (including phenoxy) is 9. The summed E-state index contributed by atoms with van der Waals surface area (Å²) >= 11 is 0. The van der Waals surface area contributed by atoms with Crippen LogP contribution in [0.4, 0.5) is 0 Å². The van der Waals surface area contributed by atoms with Gasteiger partial charge in [-0.1, -0.05) is 0 Å². The van der Waals surface area contributed by atoms with E-state index < -0.39 is 24.0 Å². The minimum Gasteiger partial charge on any atom is -0.496 e. The fraction of sp³-hybridized carbons (Fsp3) is 0.435. The first kappa shape index (κ1) is 20.3. The molecular weight excluding hydrogens is 436 g/mol. The van der Waals surface area contributed by atoms with Gasteiger partial charge >= 0.3 is 5.97 Å². The summed E-state index contributed by atoms with van der Waals surface area (Å²) in [6, 6.07) is 8.83. The van der Waals surface area contributed by atoms with E-state index >= 15 is 0 Å². The van der Waals surface area contributed by atoms with Crippen LogP contribution in [0.5, 0.6) is 34.5 Å². The van der Waals surface area contributed by atoms with Gasteiger partial charge in [-0.05, 0) is 18.2 Å². The van der Waals surface area contributed by atoms with Gasteiger partial charge in [-0.2, -0.15) is 0 Å². The van der Waals surface area contributed by atoms with Crippen molar-refractivity contribution in [3.05, 3.63) is 35.9 Å².